The SMILES string of the molecule is CC1CC/C(=C/c2ccc(Cl)cc2)c2nc(N)c(C#N)c(-c3ccc(Cl)cc3)c21. The molecule has 5 heteroatoms. The predicted molar refractivity (Wildman–Crippen MR) is 121 cm³/mol. The molecule has 2 aromatic carbocycles. The van der Waals surface area contributed by atoms with Crippen molar-refractivity contribution in [1.29, 1.82) is 5.26 Å². The second-order valence-corrected chi connectivity index (χ2v) is 8.16. The van der Waals surface area contributed by atoms with Crippen LogP contribution in [0, 0.1) is 11.3 Å². The molecule has 0 bridgehead atoms. The molecule has 1 atom stereocenters. The van der Waals surface area contributed by atoms with Gasteiger partial charge in [0.2, 0.25) is 0 Å². The van der Waals surface area contributed by atoms with Crippen molar-refractivity contribution >= 4 is 40.7 Å². The zero-order valence-corrected chi connectivity index (χ0v) is 17.4. The predicted octanol–water partition coefficient (Wildman–Crippen LogP) is 6.95. The monoisotopic (exact) mass is 419 g/mol. The molecule has 1 heterocycles. The van der Waals surface area contributed by atoms with Crippen LogP contribution in [0.5, 0.6) is 0 Å². The van der Waals surface area contributed by atoms with E-state index in [2.05, 4.69) is 24.1 Å². The Bertz CT molecular complexity index is 1140. The Hall–Kier alpha value is -2.80. The number of allylic oxidation sites excluding steroid dienone is 1. The average molecular weight is 420 g/mol. The largest absolute Gasteiger partial charge is 0.383 e. The lowest BCUT2D eigenvalue weighted by Crippen LogP contribution is -2.14. The van der Waals surface area contributed by atoms with E-state index in [9.17, 15) is 5.26 Å². The van der Waals surface area contributed by atoms with Crippen LogP contribution in [-0.2, 0) is 0 Å². The fraction of sp³-hybridized carbons (Fsp3) is 0.167. The molecule has 1 unspecified atom stereocenters. The van der Waals surface area contributed by atoms with Gasteiger partial charge >= 0.3 is 0 Å². The summed E-state index contributed by atoms with van der Waals surface area (Å²) < 4.78 is 0. The van der Waals surface area contributed by atoms with E-state index in [-0.39, 0.29) is 11.7 Å². The van der Waals surface area contributed by atoms with E-state index < -0.39 is 0 Å². The molecular weight excluding hydrogens is 401 g/mol. The molecule has 29 heavy (non-hydrogen) atoms. The lowest BCUT2D eigenvalue weighted by atomic mass is 9.78. The molecule has 0 saturated carbocycles. The topological polar surface area (TPSA) is 62.7 Å². The lowest BCUT2D eigenvalue weighted by Gasteiger charge is -2.28. The molecule has 3 aromatic rings. The Balaban J connectivity index is 1.97. The highest BCUT2D eigenvalue weighted by molar-refractivity contribution is 6.30. The zero-order chi connectivity index (χ0) is 20.5. The van der Waals surface area contributed by atoms with Gasteiger partial charge in [-0.1, -0.05) is 54.4 Å². The highest BCUT2D eigenvalue weighted by atomic mass is 35.5. The van der Waals surface area contributed by atoms with Crippen LogP contribution < -0.4 is 5.73 Å². The van der Waals surface area contributed by atoms with Crippen LogP contribution in [0.1, 0.15) is 48.1 Å². The minimum atomic E-state index is 0.257. The maximum absolute atomic E-state index is 9.81. The second-order valence-electron chi connectivity index (χ2n) is 7.29. The second kappa shape index (κ2) is 7.91. The van der Waals surface area contributed by atoms with Gasteiger partial charge in [-0.3, -0.25) is 0 Å². The number of anilines is 1. The highest BCUT2D eigenvalue weighted by Crippen LogP contribution is 2.45. The van der Waals surface area contributed by atoms with Crippen molar-refractivity contribution in [3.63, 3.8) is 0 Å². The average Bonchev–Trinajstić information content (AvgIpc) is 2.71. The normalized spacial score (nSPS) is 17.0. The molecule has 0 spiro atoms. The number of hydrogen-bond donors (Lipinski definition) is 1. The van der Waals surface area contributed by atoms with Crippen molar-refractivity contribution in [2.45, 2.75) is 25.7 Å². The van der Waals surface area contributed by atoms with Crippen LogP contribution in [-0.4, -0.2) is 4.98 Å². The van der Waals surface area contributed by atoms with Gasteiger partial charge in [0.1, 0.15) is 17.5 Å². The molecule has 4 rings (SSSR count). The number of nitrogens with two attached hydrogens (primary N) is 1. The summed E-state index contributed by atoms with van der Waals surface area (Å²) >= 11 is 12.1. The number of nitrogen functional groups attached to an aromatic ring is 1. The van der Waals surface area contributed by atoms with Crippen LogP contribution in [0.2, 0.25) is 10.0 Å². The Morgan fingerprint density at radius 2 is 1.69 bits per heavy atom. The van der Waals surface area contributed by atoms with Gasteiger partial charge in [0.05, 0.1) is 5.69 Å². The highest BCUT2D eigenvalue weighted by Gasteiger charge is 2.28. The standard InChI is InChI=1S/C24H19Cl2N3/c1-14-2-5-17(12-15-3-8-18(25)9-4-15)23-21(14)22(20(13-27)24(28)29-23)16-6-10-19(26)11-7-16/h3-4,6-12,14H,2,5H2,1H3,(H2,28,29)/b17-12-. The van der Waals surface area contributed by atoms with Crippen LogP contribution in [0.15, 0.2) is 48.5 Å². The number of nitrogens with zero attached hydrogens (tertiary/aromatic N) is 2. The summed E-state index contributed by atoms with van der Waals surface area (Å²) in [5.41, 5.74) is 12.6. The number of nitriles is 1. The minimum Gasteiger partial charge on any atom is -0.383 e. The molecule has 3 nitrogen and oxygen atoms in total. The molecule has 144 valence electrons. The van der Waals surface area contributed by atoms with Crippen molar-refractivity contribution in [2.75, 3.05) is 5.73 Å². The van der Waals surface area contributed by atoms with E-state index >= 15 is 0 Å². The summed E-state index contributed by atoms with van der Waals surface area (Å²) in [5, 5.41) is 11.2. The molecule has 0 amide bonds. The van der Waals surface area contributed by atoms with Gasteiger partial charge < -0.3 is 5.73 Å². The summed E-state index contributed by atoms with van der Waals surface area (Å²) in [6.07, 6.45) is 4.00. The van der Waals surface area contributed by atoms with Gasteiger partial charge in [0, 0.05) is 15.6 Å². The zero-order valence-electron chi connectivity index (χ0n) is 15.9. The summed E-state index contributed by atoms with van der Waals surface area (Å²) in [6, 6.07) is 17.5. The molecule has 0 saturated heterocycles. The first-order valence-corrected chi connectivity index (χ1v) is 10.2. The summed E-state index contributed by atoms with van der Waals surface area (Å²) in [4.78, 5) is 4.67. The molecule has 0 radical (unpaired) electrons. The lowest BCUT2D eigenvalue weighted by molar-refractivity contribution is 0.671. The number of fused-ring (bicyclic) bond motifs is 1. The van der Waals surface area contributed by atoms with Gasteiger partial charge in [0.15, 0.2) is 0 Å². The van der Waals surface area contributed by atoms with Gasteiger partial charge in [0.25, 0.3) is 0 Å². The number of hydrogen-bond acceptors (Lipinski definition) is 3. The van der Waals surface area contributed by atoms with Crippen LogP contribution in [0.3, 0.4) is 0 Å². The van der Waals surface area contributed by atoms with Gasteiger partial charge in [-0.05, 0) is 71.4 Å². The van der Waals surface area contributed by atoms with Crippen molar-refractivity contribution in [3.05, 3.63) is 81.0 Å². The first kappa shape index (κ1) is 19.5. The van der Waals surface area contributed by atoms with Crippen molar-refractivity contribution in [1.82, 2.24) is 4.98 Å². The Morgan fingerprint density at radius 3 is 2.31 bits per heavy atom. The van der Waals surface area contributed by atoms with E-state index in [1.807, 2.05) is 48.5 Å². The van der Waals surface area contributed by atoms with E-state index in [1.165, 1.54) is 0 Å². The molecule has 2 N–H and O–H groups in total. The number of benzene rings is 2. The Morgan fingerprint density at radius 1 is 1.07 bits per heavy atom. The van der Waals surface area contributed by atoms with Crippen molar-refractivity contribution in [2.24, 2.45) is 0 Å². The molecule has 1 aliphatic rings. The van der Waals surface area contributed by atoms with E-state index in [4.69, 9.17) is 28.9 Å². The molecule has 0 aliphatic heterocycles. The van der Waals surface area contributed by atoms with Gasteiger partial charge in [-0.25, -0.2) is 4.98 Å². The third-order valence-electron chi connectivity index (χ3n) is 5.36. The Kier molecular flexibility index (Phi) is 5.32. The van der Waals surface area contributed by atoms with Crippen LogP contribution in [0.4, 0.5) is 5.82 Å². The van der Waals surface area contributed by atoms with Gasteiger partial charge in [-0.15, -0.1) is 0 Å². The molecular formula is C24H19Cl2N3. The first-order chi connectivity index (χ1) is 14.0. The van der Waals surface area contributed by atoms with Crippen molar-refractivity contribution in [3.8, 4) is 17.2 Å². The summed E-state index contributed by atoms with van der Waals surface area (Å²) in [5.74, 6) is 0.519. The molecule has 1 aliphatic carbocycles. The van der Waals surface area contributed by atoms with E-state index in [0.717, 1.165) is 46.4 Å². The number of aromatic nitrogens is 1. The fourth-order valence-corrected chi connectivity index (χ4v) is 4.16. The summed E-state index contributed by atoms with van der Waals surface area (Å²) in [7, 11) is 0. The first-order valence-electron chi connectivity index (χ1n) is 9.44. The Labute approximate surface area is 180 Å². The third-order valence-corrected chi connectivity index (χ3v) is 5.87. The van der Waals surface area contributed by atoms with Crippen LogP contribution >= 0.6 is 23.2 Å². The van der Waals surface area contributed by atoms with Crippen LogP contribution in [0.25, 0.3) is 22.8 Å². The molecule has 1 aromatic heterocycles. The van der Waals surface area contributed by atoms with Gasteiger partial charge in [-0.2, -0.15) is 5.26 Å². The number of halogens is 2. The number of pyridine rings is 1. The maximum Gasteiger partial charge on any atom is 0.142 e. The smallest absolute Gasteiger partial charge is 0.142 e. The van der Waals surface area contributed by atoms with E-state index in [0.29, 0.717) is 15.6 Å². The van der Waals surface area contributed by atoms with E-state index in [1.54, 1.807) is 0 Å². The quantitative estimate of drug-likeness (QED) is 0.488. The third kappa shape index (κ3) is 3.74. The molecule has 0 fully saturated rings. The minimum absolute atomic E-state index is 0.257. The maximum atomic E-state index is 9.81. The summed E-state index contributed by atoms with van der Waals surface area (Å²) in [6.45, 7) is 2.18. The number of rotatable bonds is 2. The van der Waals surface area contributed by atoms with Crippen molar-refractivity contribution < 1.29 is 0 Å². The fourth-order valence-electron chi connectivity index (χ4n) is 3.91.